The van der Waals surface area contributed by atoms with E-state index in [0.717, 1.165) is 29.4 Å². The van der Waals surface area contributed by atoms with Gasteiger partial charge in [-0.1, -0.05) is 11.6 Å². The third-order valence-corrected chi connectivity index (χ3v) is 2.77. The van der Waals surface area contributed by atoms with Crippen molar-refractivity contribution in [3.63, 3.8) is 0 Å². The molecule has 1 atom stereocenters. The second-order valence-corrected chi connectivity index (χ2v) is 3.57. The minimum Gasteiger partial charge on any atom is -0.309 e. The molecule has 1 aromatic rings. The number of aryl methyl sites for hydroxylation is 1. The highest BCUT2D eigenvalue weighted by Gasteiger charge is 2.21. The summed E-state index contributed by atoms with van der Waals surface area (Å²) in [5.41, 5.74) is 1.94. The van der Waals surface area contributed by atoms with Crippen LogP contribution in [0.25, 0.3) is 0 Å². The average Bonchev–Trinajstić information content (AvgIpc) is 2.64. The predicted molar refractivity (Wildman–Crippen MR) is 48.3 cm³/mol. The molecule has 0 radical (unpaired) electrons. The smallest absolute Gasteiger partial charge is 0.0980 e. The summed E-state index contributed by atoms with van der Waals surface area (Å²) in [5, 5.41) is 11.2. The molecule has 4 heteroatoms. The highest BCUT2D eigenvalue weighted by atomic mass is 35.5. The van der Waals surface area contributed by atoms with E-state index in [1.165, 1.54) is 6.42 Å². The zero-order chi connectivity index (χ0) is 8.55. The molecule has 0 bridgehead atoms. The molecule has 0 aromatic carbocycles. The first-order valence-electron chi connectivity index (χ1n) is 4.23. The second kappa shape index (κ2) is 3.07. The van der Waals surface area contributed by atoms with Gasteiger partial charge in [-0.25, -0.2) is 0 Å². The Labute approximate surface area is 76.5 Å². The van der Waals surface area contributed by atoms with Crippen molar-refractivity contribution in [1.29, 1.82) is 0 Å². The van der Waals surface area contributed by atoms with Crippen LogP contribution in [-0.4, -0.2) is 16.7 Å². The third-order valence-electron chi connectivity index (χ3n) is 2.29. The molecule has 0 amide bonds. The molecule has 0 saturated carbocycles. The fraction of sp³-hybridized carbons (Fsp3) is 0.625. The van der Waals surface area contributed by atoms with Gasteiger partial charge in [-0.15, -0.1) is 0 Å². The van der Waals surface area contributed by atoms with Crippen LogP contribution in [-0.2, 0) is 0 Å². The van der Waals surface area contributed by atoms with Gasteiger partial charge in [-0.05, 0) is 26.3 Å². The van der Waals surface area contributed by atoms with Crippen molar-refractivity contribution in [3.05, 3.63) is 16.4 Å². The van der Waals surface area contributed by atoms with Crippen LogP contribution in [0.1, 0.15) is 30.3 Å². The van der Waals surface area contributed by atoms with Crippen LogP contribution in [0.4, 0.5) is 0 Å². The van der Waals surface area contributed by atoms with Crippen LogP contribution in [0.3, 0.4) is 0 Å². The van der Waals surface area contributed by atoms with Crippen molar-refractivity contribution in [2.24, 2.45) is 0 Å². The Balaban J connectivity index is 2.26. The molecule has 66 valence electrons. The normalized spacial score (nSPS) is 23.3. The maximum absolute atomic E-state index is 6.06. The summed E-state index contributed by atoms with van der Waals surface area (Å²) in [7, 11) is 0. The number of halogens is 1. The molecule has 2 rings (SSSR count). The molecule has 2 heterocycles. The zero-order valence-corrected chi connectivity index (χ0v) is 7.78. The summed E-state index contributed by atoms with van der Waals surface area (Å²) >= 11 is 6.06. The Morgan fingerprint density at radius 1 is 1.58 bits per heavy atom. The number of hydrogen-bond donors (Lipinski definition) is 2. The molecule has 1 fully saturated rings. The quantitative estimate of drug-likeness (QED) is 0.701. The molecule has 1 unspecified atom stereocenters. The van der Waals surface area contributed by atoms with Crippen LogP contribution in [0, 0.1) is 6.92 Å². The van der Waals surface area contributed by atoms with E-state index in [1.54, 1.807) is 0 Å². The Morgan fingerprint density at radius 3 is 2.92 bits per heavy atom. The predicted octanol–water partition coefficient (Wildman–Crippen LogP) is 1.80. The first-order chi connectivity index (χ1) is 5.79. The summed E-state index contributed by atoms with van der Waals surface area (Å²) in [6.45, 7) is 3.01. The standard InChI is InChI=1S/C8H12ClN3/c1-5-7(9)8(12-11-5)6-3-2-4-10-6/h6,10H,2-4H2,1H3,(H,11,12). The summed E-state index contributed by atoms with van der Waals surface area (Å²) in [5.74, 6) is 0. The van der Waals surface area contributed by atoms with Crippen LogP contribution in [0.15, 0.2) is 0 Å². The van der Waals surface area contributed by atoms with Gasteiger partial charge in [0.15, 0.2) is 0 Å². The summed E-state index contributed by atoms with van der Waals surface area (Å²) in [4.78, 5) is 0. The second-order valence-electron chi connectivity index (χ2n) is 3.20. The van der Waals surface area contributed by atoms with Gasteiger partial charge in [0.2, 0.25) is 0 Å². The Hall–Kier alpha value is -0.540. The van der Waals surface area contributed by atoms with Crippen molar-refractivity contribution < 1.29 is 0 Å². The molecule has 1 aliphatic rings. The molecule has 3 nitrogen and oxygen atoms in total. The van der Waals surface area contributed by atoms with E-state index >= 15 is 0 Å². The lowest BCUT2D eigenvalue weighted by atomic mass is 10.1. The van der Waals surface area contributed by atoms with Gasteiger partial charge in [-0.3, -0.25) is 5.10 Å². The van der Waals surface area contributed by atoms with Gasteiger partial charge in [-0.2, -0.15) is 5.10 Å². The highest BCUT2D eigenvalue weighted by Crippen LogP contribution is 2.28. The number of nitrogens with one attached hydrogen (secondary N) is 2. The van der Waals surface area contributed by atoms with Gasteiger partial charge in [0, 0.05) is 0 Å². The maximum Gasteiger partial charge on any atom is 0.0980 e. The van der Waals surface area contributed by atoms with Crippen molar-refractivity contribution in [1.82, 2.24) is 15.5 Å². The van der Waals surface area contributed by atoms with E-state index in [1.807, 2.05) is 6.92 Å². The third kappa shape index (κ3) is 1.23. The SMILES string of the molecule is Cc1[nH]nc(C2CCCN2)c1Cl. The van der Waals surface area contributed by atoms with E-state index in [0.29, 0.717) is 6.04 Å². The fourth-order valence-electron chi connectivity index (χ4n) is 1.58. The summed E-state index contributed by atoms with van der Waals surface area (Å²) < 4.78 is 0. The topological polar surface area (TPSA) is 40.7 Å². The summed E-state index contributed by atoms with van der Waals surface area (Å²) in [6, 6.07) is 0.363. The zero-order valence-electron chi connectivity index (χ0n) is 7.02. The lowest BCUT2D eigenvalue weighted by Gasteiger charge is -2.05. The molecule has 12 heavy (non-hydrogen) atoms. The Morgan fingerprint density at radius 2 is 2.42 bits per heavy atom. The molecular weight excluding hydrogens is 174 g/mol. The van der Waals surface area contributed by atoms with Crippen molar-refractivity contribution in [2.45, 2.75) is 25.8 Å². The van der Waals surface area contributed by atoms with E-state index in [-0.39, 0.29) is 0 Å². The van der Waals surface area contributed by atoms with Crippen molar-refractivity contribution in [2.75, 3.05) is 6.54 Å². The van der Waals surface area contributed by atoms with Gasteiger partial charge in [0.05, 0.1) is 22.5 Å². The Kier molecular flexibility index (Phi) is 2.07. The number of aromatic nitrogens is 2. The van der Waals surface area contributed by atoms with Crippen molar-refractivity contribution in [3.8, 4) is 0 Å². The van der Waals surface area contributed by atoms with Crippen LogP contribution in [0.2, 0.25) is 5.02 Å². The molecular formula is C8H12ClN3. The van der Waals surface area contributed by atoms with E-state index in [9.17, 15) is 0 Å². The number of H-pyrrole nitrogens is 1. The maximum atomic E-state index is 6.06. The summed E-state index contributed by atoms with van der Waals surface area (Å²) in [6.07, 6.45) is 2.36. The van der Waals surface area contributed by atoms with Crippen LogP contribution >= 0.6 is 11.6 Å². The van der Waals surface area contributed by atoms with E-state index in [2.05, 4.69) is 15.5 Å². The Bertz CT molecular complexity index is 276. The number of aromatic amines is 1. The molecule has 0 aliphatic carbocycles. The van der Waals surface area contributed by atoms with Crippen molar-refractivity contribution >= 4 is 11.6 Å². The number of hydrogen-bond acceptors (Lipinski definition) is 2. The largest absolute Gasteiger partial charge is 0.309 e. The van der Waals surface area contributed by atoms with Gasteiger partial charge in [0.1, 0.15) is 0 Å². The van der Waals surface area contributed by atoms with Gasteiger partial charge < -0.3 is 5.32 Å². The van der Waals surface area contributed by atoms with E-state index < -0.39 is 0 Å². The number of nitrogens with zero attached hydrogens (tertiary/aromatic N) is 1. The minimum absolute atomic E-state index is 0.363. The molecule has 1 aromatic heterocycles. The van der Waals surface area contributed by atoms with Gasteiger partial charge in [0.25, 0.3) is 0 Å². The van der Waals surface area contributed by atoms with Crippen LogP contribution in [0.5, 0.6) is 0 Å². The molecule has 0 spiro atoms. The monoisotopic (exact) mass is 185 g/mol. The minimum atomic E-state index is 0.363. The number of rotatable bonds is 1. The fourth-order valence-corrected chi connectivity index (χ4v) is 1.80. The van der Waals surface area contributed by atoms with Crippen LogP contribution < -0.4 is 5.32 Å². The van der Waals surface area contributed by atoms with E-state index in [4.69, 9.17) is 11.6 Å². The lowest BCUT2D eigenvalue weighted by Crippen LogP contribution is -2.13. The molecule has 1 aliphatic heterocycles. The first-order valence-corrected chi connectivity index (χ1v) is 4.60. The lowest BCUT2D eigenvalue weighted by molar-refractivity contribution is 0.625. The van der Waals surface area contributed by atoms with Gasteiger partial charge >= 0.3 is 0 Å². The highest BCUT2D eigenvalue weighted by molar-refractivity contribution is 6.31. The molecule has 2 N–H and O–H groups in total. The molecule has 1 saturated heterocycles. The first kappa shape index (κ1) is 8.08. The average molecular weight is 186 g/mol.